The summed E-state index contributed by atoms with van der Waals surface area (Å²) in [6.07, 6.45) is 1.62. The van der Waals surface area contributed by atoms with Crippen LogP contribution in [0.25, 0.3) is 10.9 Å². The predicted octanol–water partition coefficient (Wildman–Crippen LogP) is 1.31. The summed E-state index contributed by atoms with van der Waals surface area (Å²) < 4.78 is 1.63. The fourth-order valence-electron chi connectivity index (χ4n) is 1.61. The third kappa shape index (κ3) is 1.64. The van der Waals surface area contributed by atoms with E-state index >= 15 is 0 Å². The summed E-state index contributed by atoms with van der Waals surface area (Å²) in [5, 5.41) is 14.1. The van der Waals surface area contributed by atoms with Gasteiger partial charge in [-0.25, -0.2) is 0 Å². The number of nitrogens with zero attached hydrogens (tertiary/aromatic N) is 2. The molecule has 0 bridgehead atoms. The number of aliphatic carboxylic acids is 1. The lowest BCUT2D eigenvalue weighted by molar-refractivity contribution is -0.138. The van der Waals surface area contributed by atoms with Crippen LogP contribution < -0.4 is 5.73 Å². The molecule has 1 aromatic carbocycles. The highest BCUT2D eigenvalue weighted by Gasteiger charge is 2.17. The van der Waals surface area contributed by atoms with E-state index in [2.05, 4.69) is 5.10 Å². The van der Waals surface area contributed by atoms with E-state index in [1.807, 2.05) is 0 Å². The molecule has 0 amide bonds. The molecule has 1 aromatic heterocycles. The summed E-state index contributed by atoms with van der Waals surface area (Å²) in [6, 6.07) is 2.18. The quantitative estimate of drug-likeness (QED) is 0.828. The maximum atomic E-state index is 10.8. The van der Waals surface area contributed by atoms with Crippen LogP contribution in [0.2, 0.25) is 5.02 Å². The summed E-state index contributed by atoms with van der Waals surface area (Å²) in [4.78, 5) is 10.8. The van der Waals surface area contributed by atoms with Crippen molar-refractivity contribution in [3.8, 4) is 0 Å². The average Bonchev–Trinajstić information content (AvgIpc) is 2.59. The van der Waals surface area contributed by atoms with E-state index in [0.717, 1.165) is 10.9 Å². The van der Waals surface area contributed by atoms with Gasteiger partial charge in [0.2, 0.25) is 0 Å². The second-order valence-corrected chi connectivity index (χ2v) is 3.93. The van der Waals surface area contributed by atoms with E-state index in [4.69, 9.17) is 22.4 Å². The largest absolute Gasteiger partial charge is 0.480 e. The molecule has 2 rings (SSSR count). The molecule has 0 spiro atoms. The van der Waals surface area contributed by atoms with Crippen LogP contribution in [0.3, 0.4) is 0 Å². The average molecular weight is 240 g/mol. The maximum absolute atomic E-state index is 10.8. The lowest BCUT2D eigenvalue weighted by atomic mass is 10.1. The summed E-state index contributed by atoms with van der Waals surface area (Å²) in [5.74, 6) is -1.08. The number of halogens is 1. The van der Waals surface area contributed by atoms with Crippen molar-refractivity contribution in [1.29, 1.82) is 0 Å². The first-order chi connectivity index (χ1) is 7.50. The van der Waals surface area contributed by atoms with Crippen molar-refractivity contribution in [3.05, 3.63) is 28.9 Å². The summed E-state index contributed by atoms with van der Waals surface area (Å²) in [6.45, 7) is 0. The Morgan fingerprint density at radius 3 is 2.94 bits per heavy atom. The molecule has 84 valence electrons. The number of carboxylic acid groups (broad SMARTS) is 1. The van der Waals surface area contributed by atoms with E-state index in [-0.39, 0.29) is 0 Å². The van der Waals surface area contributed by atoms with Gasteiger partial charge < -0.3 is 10.8 Å². The van der Waals surface area contributed by atoms with Gasteiger partial charge in [0.15, 0.2) is 0 Å². The predicted molar refractivity (Wildman–Crippen MR) is 60.3 cm³/mol. The van der Waals surface area contributed by atoms with Crippen LogP contribution in [0.5, 0.6) is 0 Å². The molecule has 0 radical (unpaired) electrons. The third-order valence-electron chi connectivity index (χ3n) is 2.43. The zero-order valence-corrected chi connectivity index (χ0v) is 9.27. The Morgan fingerprint density at radius 2 is 2.31 bits per heavy atom. The highest BCUT2D eigenvalue weighted by molar-refractivity contribution is 6.35. The molecule has 0 saturated carbocycles. The minimum Gasteiger partial charge on any atom is -0.480 e. The number of carboxylic acids is 1. The molecule has 2 aromatic rings. The van der Waals surface area contributed by atoms with Crippen molar-refractivity contribution < 1.29 is 9.90 Å². The van der Waals surface area contributed by atoms with Crippen molar-refractivity contribution in [1.82, 2.24) is 9.78 Å². The molecule has 5 nitrogen and oxygen atoms in total. The lowest BCUT2D eigenvalue weighted by Crippen LogP contribution is -2.20. The Balaban J connectivity index is 2.63. The van der Waals surface area contributed by atoms with Crippen LogP contribution in [-0.4, -0.2) is 20.9 Å². The molecule has 0 aliphatic rings. The Bertz CT molecular complexity index is 564. The van der Waals surface area contributed by atoms with Crippen molar-refractivity contribution in [2.24, 2.45) is 12.8 Å². The van der Waals surface area contributed by atoms with E-state index in [9.17, 15) is 4.79 Å². The number of carbonyl (C=O) groups is 1. The van der Waals surface area contributed by atoms with E-state index < -0.39 is 12.0 Å². The molecular weight excluding hydrogens is 230 g/mol. The highest BCUT2D eigenvalue weighted by atomic mass is 35.5. The van der Waals surface area contributed by atoms with Crippen LogP contribution in [0.4, 0.5) is 0 Å². The van der Waals surface area contributed by atoms with Crippen LogP contribution in [0.15, 0.2) is 18.3 Å². The number of hydrogen-bond donors (Lipinski definition) is 2. The molecule has 0 saturated heterocycles. The molecule has 16 heavy (non-hydrogen) atoms. The summed E-state index contributed by atoms with van der Waals surface area (Å²) in [7, 11) is 1.77. The van der Waals surface area contributed by atoms with Gasteiger partial charge >= 0.3 is 5.97 Å². The van der Waals surface area contributed by atoms with Crippen LogP contribution >= 0.6 is 11.6 Å². The van der Waals surface area contributed by atoms with E-state index in [0.29, 0.717) is 10.6 Å². The number of nitrogens with two attached hydrogens (primary N) is 1. The molecule has 1 heterocycles. The number of aromatic nitrogens is 2. The fourth-order valence-corrected chi connectivity index (χ4v) is 1.97. The molecule has 1 unspecified atom stereocenters. The first kappa shape index (κ1) is 10.9. The van der Waals surface area contributed by atoms with Crippen molar-refractivity contribution in [2.45, 2.75) is 6.04 Å². The standard InChI is InChI=1S/C10H10ClN3O2/c1-14-9-6(4-13-14)2-5(3-7(9)11)8(12)10(15)16/h2-4,8H,12H2,1H3,(H,15,16). The van der Waals surface area contributed by atoms with Gasteiger partial charge in [0.25, 0.3) is 0 Å². The molecule has 0 aliphatic heterocycles. The van der Waals surface area contributed by atoms with Crippen LogP contribution in [0, 0.1) is 0 Å². The van der Waals surface area contributed by atoms with Gasteiger partial charge in [-0.3, -0.25) is 9.48 Å². The first-order valence-electron chi connectivity index (χ1n) is 4.60. The van der Waals surface area contributed by atoms with Crippen molar-refractivity contribution >= 4 is 28.5 Å². The minimum absolute atomic E-state index is 0.448. The second-order valence-electron chi connectivity index (χ2n) is 3.52. The number of hydrogen-bond acceptors (Lipinski definition) is 3. The smallest absolute Gasteiger partial charge is 0.325 e. The number of aryl methyl sites for hydroxylation is 1. The Hall–Kier alpha value is -1.59. The van der Waals surface area contributed by atoms with Gasteiger partial charge in [0, 0.05) is 12.4 Å². The molecule has 0 fully saturated rings. The molecule has 1 atom stereocenters. The van der Waals surface area contributed by atoms with Gasteiger partial charge in [0.05, 0.1) is 16.7 Å². The van der Waals surface area contributed by atoms with Crippen molar-refractivity contribution in [3.63, 3.8) is 0 Å². The Labute approximate surface area is 96.4 Å². The van der Waals surface area contributed by atoms with Crippen LogP contribution in [0.1, 0.15) is 11.6 Å². The monoisotopic (exact) mass is 239 g/mol. The van der Waals surface area contributed by atoms with Gasteiger partial charge in [-0.2, -0.15) is 5.10 Å². The molecular formula is C10H10ClN3O2. The topological polar surface area (TPSA) is 81.1 Å². The zero-order chi connectivity index (χ0) is 11.9. The van der Waals surface area contributed by atoms with E-state index in [1.165, 1.54) is 0 Å². The fraction of sp³-hybridized carbons (Fsp3) is 0.200. The zero-order valence-electron chi connectivity index (χ0n) is 8.51. The molecule has 6 heteroatoms. The summed E-state index contributed by atoms with van der Waals surface area (Å²) in [5.41, 5.74) is 6.76. The van der Waals surface area contributed by atoms with E-state index in [1.54, 1.807) is 30.1 Å². The van der Waals surface area contributed by atoms with Gasteiger partial charge in [-0.1, -0.05) is 11.6 Å². The van der Waals surface area contributed by atoms with Crippen molar-refractivity contribution in [2.75, 3.05) is 0 Å². The van der Waals surface area contributed by atoms with Crippen LogP contribution in [-0.2, 0) is 11.8 Å². The van der Waals surface area contributed by atoms with Gasteiger partial charge in [0.1, 0.15) is 6.04 Å². The highest BCUT2D eigenvalue weighted by Crippen LogP contribution is 2.27. The summed E-state index contributed by atoms with van der Waals surface area (Å²) >= 11 is 6.05. The number of fused-ring (bicyclic) bond motifs is 1. The molecule has 0 aliphatic carbocycles. The Morgan fingerprint density at radius 1 is 1.62 bits per heavy atom. The molecule has 3 N–H and O–H groups in total. The number of rotatable bonds is 2. The number of benzene rings is 1. The van der Waals surface area contributed by atoms with Gasteiger partial charge in [-0.05, 0) is 17.7 Å². The maximum Gasteiger partial charge on any atom is 0.325 e. The third-order valence-corrected chi connectivity index (χ3v) is 2.72. The Kier molecular flexibility index (Phi) is 2.57. The normalized spacial score (nSPS) is 12.9. The SMILES string of the molecule is Cn1ncc2cc(C(N)C(=O)O)cc(Cl)c21. The second kappa shape index (κ2) is 3.77. The minimum atomic E-state index is -1.08. The first-order valence-corrected chi connectivity index (χ1v) is 4.98. The van der Waals surface area contributed by atoms with Gasteiger partial charge in [-0.15, -0.1) is 0 Å². The lowest BCUT2D eigenvalue weighted by Gasteiger charge is -2.08.